The molecule has 0 aliphatic carbocycles. The minimum atomic E-state index is -3.67. The largest absolute Gasteiger partial charge is 0.298 e. The van der Waals surface area contributed by atoms with Crippen LogP contribution in [0.5, 0.6) is 0 Å². The monoisotopic (exact) mass is 465 g/mol. The van der Waals surface area contributed by atoms with Crippen LogP contribution in [0.1, 0.15) is 27.0 Å². The summed E-state index contributed by atoms with van der Waals surface area (Å²) in [6, 6.07) is 19.4. The van der Waals surface area contributed by atoms with Crippen molar-refractivity contribution >= 4 is 42.6 Å². The number of rotatable bonds is 6. The molecule has 0 aliphatic rings. The molecule has 0 saturated heterocycles. The fraction of sp³-hybridized carbons (Fsp3) is 0.167. The highest BCUT2D eigenvalue weighted by atomic mass is 32.2. The van der Waals surface area contributed by atoms with Crippen molar-refractivity contribution in [1.29, 1.82) is 0 Å². The zero-order valence-electron chi connectivity index (χ0n) is 18.0. The standard InChI is InChI=1S/C24H23N3O3S2/c1-16-9-10-17(2)22-21(16)25-24(31-22)26-23(28)19-11-13-20(14-12-19)32(29,30)27(3)15-18-7-5-4-6-8-18/h4-14H,15H2,1-3H3,(H,25,26,28). The molecule has 0 radical (unpaired) electrons. The Kier molecular flexibility index (Phi) is 6.10. The summed E-state index contributed by atoms with van der Waals surface area (Å²) in [5.74, 6) is -0.332. The SMILES string of the molecule is Cc1ccc(C)c2sc(NC(=O)c3ccc(S(=O)(=O)N(C)Cc4ccccc4)cc3)nc12. The number of benzene rings is 3. The molecule has 32 heavy (non-hydrogen) atoms. The van der Waals surface area contributed by atoms with Gasteiger partial charge >= 0.3 is 0 Å². The summed E-state index contributed by atoms with van der Waals surface area (Å²) in [5, 5.41) is 3.34. The quantitative estimate of drug-likeness (QED) is 0.435. The summed E-state index contributed by atoms with van der Waals surface area (Å²) in [4.78, 5) is 17.4. The van der Waals surface area contributed by atoms with Gasteiger partial charge in [0.1, 0.15) is 0 Å². The van der Waals surface area contributed by atoms with Crippen LogP contribution in [0.4, 0.5) is 5.13 Å². The van der Waals surface area contributed by atoms with Crippen molar-refractivity contribution in [2.24, 2.45) is 0 Å². The number of hydrogen-bond acceptors (Lipinski definition) is 5. The Labute approximate surface area is 191 Å². The molecule has 0 spiro atoms. The molecule has 3 aromatic carbocycles. The van der Waals surface area contributed by atoms with E-state index in [0.29, 0.717) is 10.7 Å². The van der Waals surface area contributed by atoms with Gasteiger partial charge in [0.05, 0.1) is 15.1 Å². The van der Waals surface area contributed by atoms with E-state index in [1.807, 2.05) is 56.3 Å². The predicted octanol–water partition coefficient (Wildman–Crippen LogP) is 4.99. The maximum absolute atomic E-state index is 12.9. The van der Waals surface area contributed by atoms with E-state index in [0.717, 1.165) is 26.9 Å². The van der Waals surface area contributed by atoms with Crippen LogP contribution in [-0.4, -0.2) is 30.7 Å². The van der Waals surface area contributed by atoms with Gasteiger partial charge in [-0.2, -0.15) is 4.31 Å². The third-order valence-electron chi connectivity index (χ3n) is 5.24. The number of thiazole rings is 1. The van der Waals surface area contributed by atoms with Gasteiger partial charge in [-0.1, -0.05) is 53.8 Å². The second-order valence-electron chi connectivity index (χ2n) is 7.62. The molecule has 0 bridgehead atoms. The number of aromatic nitrogens is 1. The van der Waals surface area contributed by atoms with Crippen LogP contribution < -0.4 is 5.32 Å². The number of hydrogen-bond donors (Lipinski definition) is 1. The number of sulfonamides is 1. The third-order valence-corrected chi connectivity index (χ3v) is 8.16. The van der Waals surface area contributed by atoms with Crippen molar-refractivity contribution in [1.82, 2.24) is 9.29 Å². The number of carbonyl (C=O) groups is 1. The second kappa shape index (κ2) is 8.82. The van der Waals surface area contributed by atoms with Crippen molar-refractivity contribution in [3.63, 3.8) is 0 Å². The molecule has 4 aromatic rings. The fourth-order valence-corrected chi connectivity index (χ4v) is 5.53. The van der Waals surface area contributed by atoms with Crippen LogP contribution in [0.2, 0.25) is 0 Å². The maximum atomic E-state index is 12.9. The number of aryl methyl sites for hydroxylation is 2. The molecule has 0 saturated carbocycles. The first-order valence-electron chi connectivity index (χ1n) is 10.0. The smallest absolute Gasteiger partial charge is 0.257 e. The summed E-state index contributed by atoms with van der Waals surface area (Å²) in [6.45, 7) is 4.27. The number of nitrogens with zero attached hydrogens (tertiary/aromatic N) is 2. The van der Waals surface area contributed by atoms with Crippen LogP contribution in [0.3, 0.4) is 0 Å². The second-order valence-corrected chi connectivity index (χ2v) is 10.7. The van der Waals surface area contributed by atoms with Crippen molar-refractivity contribution in [2.45, 2.75) is 25.3 Å². The fourth-order valence-electron chi connectivity index (χ4n) is 3.37. The van der Waals surface area contributed by atoms with Gasteiger partial charge in [0, 0.05) is 19.2 Å². The Morgan fingerprint density at radius 3 is 2.28 bits per heavy atom. The molecule has 6 nitrogen and oxygen atoms in total. The minimum absolute atomic E-state index is 0.138. The zero-order chi connectivity index (χ0) is 22.9. The normalized spacial score (nSPS) is 11.8. The molecule has 0 fully saturated rings. The molecular weight excluding hydrogens is 442 g/mol. The van der Waals surface area contributed by atoms with Gasteiger partial charge in [0.15, 0.2) is 5.13 Å². The van der Waals surface area contributed by atoms with E-state index in [2.05, 4.69) is 10.3 Å². The summed E-state index contributed by atoms with van der Waals surface area (Å²) >= 11 is 1.43. The number of anilines is 1. The molecule has 164 valence electrons. The van der Waals surface area contributed by atoms with Crippen LogP contribution >= 0.6 is 11.3 Å². The third kappa shape index (κ3) is 4.43. The van der Waals surface area contributed by atoms with Crippen LogP contribution in [0.25, 0.3) is 10.2 Å². The molecule has 1 aromatic heterocycles. The first kappa shape index (κ1) is 22.1. The van der Waals surface area contributed by atoms with Crippen molar-refractivity contribution < 1.29 is 13.2 Å². The molecule has 8 heteroatoms. The first-order valence-corrected chi connectivity index (χ1v) is 12.3. The molecule has 4 rings (SSSR count). The van der Waals surface area contributed by atoms with E-state index in [4.69, 9.17) is 0 Å². The summed E-state index contributed by atoms with van der Waals surface area (Å²) in [6.07, 6.45) is 0. The lowest BCUT2D eigenvalue weighted by Crippen LogP contribution is -2.26. The number of amides is 1. The summed E-state index contributed by atoms with van der Waals surface area (Å²) < 4.78 is 28.1. The summed E-state index contributed by atoms with van der Waals surface area (Å²) in [5.41, 5.74) is 4.31. The molecule has 0 aliphatic heterocycles. The van der Waals surface area contributed by atoms with Gasteiger partial charge < -0.3 is 0 Å². The van der Waals surface area contributed by atoms with Gasteiger partial charge in [-0.25, -0.2) is 13.4 Å². The topological polar surface area (TPSA) is 79.4 Å². The maximum Gasteiger partial charge on any atom is 0.257 e. The van der Waals surface area contributed by atoms with Gasteiger partial charge in [-0.15, -0.1) is 0 Å². The molecule has 0 unspecified atom stereocenters. The highest BCUT2D eigenvalue weighted by molar-refractivity contribution is 7.89. The molecule has 1 N–H and O–H groups in total. The Morgan fingerprint density at radius 2 is 1.62 bits per heavy atom. The van der Waals surface area contributed by atoms with Crippen molar-refractivity contribution in [3.05, 3.63) is 89.0 Å². The molecular formula is C24H23N3O3S2. The highest BCUT2D eigenvalue weighted by Crippen LogP contribution is 2.31. The molecule has 1 heterocycles. The lowest BCUT2D eigenvalue weighted by atomic mass is 10.1. The highest BCUT2D eigenvalue weighted by Gasteiger charge is 2.21. The Bertz CT molecular complexity index is 1340. The lowest BCUT2D eigenvalue weighted by molar-refractivity contribution is 0.102. The number of nitrogens with one attached hydrogen (secondary N) is 1. The van der Waals surface area contributed by atoms with E-state index in [-0.39, 0.29) is 17.3 Å². The van der Waals surface area contributed by atoms with Crippen molar-refractivity contribution in [2.75, 3.05) is 12.4 Å². The predicted molar refractivity (Wildman–Crippen MR) is 129 cm³/mol. The van der Waals surface area contributed by atoms with E-state index >= 15 is 0 Å². The Hall–Kier alpha value is -3.07. The van der Waals surface area contributed by atoms with Crippen LogP contribution in [0.15, 0.2) is 71.6 Å². The van der Waals surface area contributed by atoms with E-state index in [9.17, 15) is 13.2 Å². The number of carbonyl (C=O) groups excluding carboxylic acids is 1. The van der Waals surface area contributed by atoms with Crippen LogP contribution in [-0.2, 0) is 16.6 Å². The molecule has 1 amide bonds. The zero-order valence-corrected chi connectivity index (χ0v) is 19.6. The Balaban J connectivity index is 1.50. The van der Waals surface area contributed by atoms with Gasteiger partial charge in [0.2, 0.25) is 10.0 Å². The lowest BCUT2D eigenvalue weighted by Gasteiger charge is -2.17. The van der Waals surface area contributed by atoms with Crippen molar-refractivity contribution in [3.8, 4) is 0 Å². The van der Waals surface area contributed by atoms with E-state index in [1.165, 1.54) is 39.9 Å². The Morgan fingerprint density at radius 1 is 0.969 bits per heavy atom. The number of fused-ring (bicyclic) bond motifs is 1. The van der Waals surface area contributed by atoms with Gasteiger partial charge in [-0.3, -0.25) is 10.1 Å². The molecule has 0 atom stereocenters. The minimum Gasteiger partial charge on any atom is -0.298 e. The van der Waals surface area contributed by atoms with Gasteiger partial charge in [0.25, 0.3) is 5.91 Å². The van der Waals surface area contributed by atoms with Gasteiger partial charge in [-0.05, 0) is 54.8 Å². The van der Waals surface area contributed by atoms with E-state index in [1.54, 1.807) is 7.05 Å². The first-order chi connectivity index (χ1) is 15.3. The average Bonchev–Trinajstić information content (AvgIpc) is 3.22. The average molecular weight is 466 g/mol. The van der Waals surface area contributed by atoms with Crippen LogP contribution in [0, 0.1) is 13.8 Å². The van der Waals surface area contributed by atoms with E-state index < -0.39 is 10.0 Å². The summed E-state index contributed by atoms with van der Waals surface area (Å²) in [7, 11) is -2.13.